The van der Waals surface area contributed by atoms with Crippen LogP contribution in [0.2, 0.25) is 0 Å². The molecule has 0 aliphatic carbocycles. The number of terminal acetylenes is 1. The van der Waals surface area contributed by atoms with E-state index in [9.17, 15) is 4.79 Å². The minimum absolute atomic E-state index is 0.144. The predicted molar refractivity (Wildman–Crippen MR) is 45.0 cm³/mol. The Kier molecular flexibility index (Phi) is 3.29. The zero-order chi connectivity index (χ0) is 9.73. The van der Waals surface area contributed by atoms with Crippen molar-refractivity contribution in [2.24, 2.45) is 0 Å². The fraction of sp³-hybridized carbons (Fsp3) is 0.667. The number of carbonyl (C=O) groups is 1. The molecule has 0 aromatic heterocycles. The van der Waals surface area contributed by atoms with Gasteiger partial charge in [0.25, 0.3) is 0 Å². The topological polar surface area (TPSA) is 55.8 Å². The summed E-state index contributed by atoms with van der Waals surface area (Å²) in [7, 11) is 0. The highest BCUT2D eigenvalue weighted by atomic mass is 16.7. The van der Waals surface area contributed by atoms with Crippen LogP contribution in [0.5, 0.6) is 0 Å². The number of carboxylic acid groups (broad SMARTS) is 1. The molecule has 72 valence electrons. The largest absolute Gasteiger partial charge is 0.481 e. The van der Waals surface area contributed by atoms with Crippen LogP contribution in [0.4, 0.5) is 0 Å². The molecule has 1 fully saturated rings. The van der Waals surface area contributed by atoms with Crippen LogP contribution < -0.4 is 0 Å². The molecule has 1 saturated heterocycles. The van der Waals surface area contributed by atoms with E-state index in [0.29, 0.717) is 26.1 Å². The summed E-state index contributed by atoms with van der Waals surface area (Å²) in [6.07, 6.45) is 5.85. The molecule has 0 radical (unpaired) electrons. The monoisotopic (exact) mass is 184 g/mol. The van der Waals surface area contributed by atoms with Gasteiger partial charge in [0, 0.05) is 12.8 Å². The smallest absolute Gasteiger partial charge is 0.308 e. The fourth-order valence-electron chi connectivity index (χ4n) is 1.32. The highest BCUT2D eigenvalue weighted by molar-refractivity contribution is 5.67. The van der Waals surface area contributed by atoms with Gasteiger partial charge in [0.15, 0.2) is 5.79 Å². The highest BCUT2D eigenvalue weighted by Gasteiger charge is 2.38. The third-order valence-electron chi connectivity index (χ3n) is 1.88. The molecule has 1 heterocycles. The van der Waals surface area contributed by atoms with E-state index in [2.05, 4.69) is 5.92 Å². The second kappa shape index (κ2) is 4.26. The van der Waals surface area contributed by atoms with E-state index in [1.807, 2.05) is 0 Å². The second-order valence-electron chi connectivity index (χ2n) is 2.88. The second-order valence-corrected chi connectivity index (χ2v) is 2.88. The summed E-state index contributed by atoms with van der Waals surface area (Å²) >= 11 is 0. The molecular formula is C9H12O4. The Hall–Kier alpha value is -1.05. The molecule has 0 saturated carbocycles. The Labute approximate surface area is 76.8 Å². The molecule has 4 nitrogen and oxygen atoms in total. The molecule has 0 spiro atoms. The van der Waals surface area contributed by atoms with Gasteiger partial charge in [-0.2, -0.15) is 0 Å². The maximum absolute atomic E-state index is 10.5. The lowest BCUT2D eigenvalue weighted by Gasteiger charge is -2.24. The lowest BCUT2D eigenvalue weighted by atomic mass is 10.1. The van der Waals surface area contributed by atoms with Gasteiger partial charge in [0.05, 0.1) is 19.6 Å². The first-order chi connectivity index (χ1) is 6.18. The maximum Gasteiger partial charge on any atom is 0.308 e. The molecule has 1 rings (SSSR count). The number of hydrogen-bond donors (Lipinski definition) is 1. The predicted octanol–water partition coefficient (Wildman–Crippen LogP) is 0.618. The van der Waals surface area contributed by atoms with E-state index in [0.717, 1.165) is 0 Å². The van der Waals surface area contributed by atoms with Crippen LogP contribution in [0.25, 0.3) is 0 Å². The van der Waals surface area contributed by atoms with Crippen LogP contribution in [0.15, 0.2) is 0 Å². The van der Waals surface area contributed by atoms with Crippen molar-refractivity contribution in [1.82, 2.24) is 0 Å². The molecule has 1 N–H and O–H groups in total. The summed E-state index contributed by atoms with van der Waals surface area (Å²) in [5, 5.41) is 8.63. The van der Waals surface area contributed by atoms with Gasteiger partial charge in [0.1, 0.15) is 0 Å². The molecule has 0 amide bonds. The van der Waals surface area contributed by atoms with Crippen molar-refractivity contribution in [2.75, 3.05) is 13.2 Å². The Morgan fingerprint density at radius 1 is 1.54 bits per heavy atom. The molecular weight excluding hydrogens is 172 g/mol. The van der Waals surface area contributed by atoms with Crippen molar-refractivity contribution in [3.63, 3.8) is 0 Å². The average Bonchev–Trinajstić information content (AvgIpc) is 2.49. The van der Waals surface area contributed by atoms with Gasteiger partial charge >= 0.3 is 5.97 Å². The van der Waals surface area contributed by atoms with Gasteiger partial charge in [-0.3, -0.25) is 4.79 Å². The van der Waals surface area contributed by atoms with Gasteiger partial charge in [-0.1, -0.05) is 0 Å². The van der Waals surface area contributed by atoms with Crippen molar-refractivity contribution in [1.29, 1.82) is 0 Å². The summed E-state index contributed by atoms with van der Waals surface area (Å²) in [4.78, 5) is 10.5. The van der Waals surface area contributed by atoms with Crippen LogP contribution in [0, 0.1) is 12.3 Å². The van der Waals surface area contributed by atoms with Gasteiger partial charge in [0.2, 0.25) is 0 Å². The first kappa shape index (κ1) is 10.0. The Bertz CT molecular complexity index is 222. The van der Waals surface area contributed by atoms with Crippen molar-refractivity contribution in [3.8, 4) is 12.3 Å². The quantitative estimate of drug-likeness (QED) is 0.650. The van der Waals surface area contributed by atoms with Crippen molar-refractivity contribution in [3.05, 3.63) is 0 Å². The van der Waals surface area contributed by atoms with E-state index in [1.54, 1.807) is 0 Å². The lowest BCUT2D eigenvalue weighted by molar-refractivity contribution is -0.181. The average molecular weight is 184 g/mol. The summed E-state index contributed by atoms with van der Waals surface area (Å²) in [6.45, 7) is 0.885. The summed E-state index contributed by atoms with van der Waals surface area (Å²) in [5.41, 5.74) is 0. The Morgan fingerprint density at radius 3 is 2.62 bits per heavy atom. The number of ether oxygens (including phenoxy) is 2. The van der Waals surface area contributed by atoms with Gasteiger partial charge in [-0.25, -0.2) is 0 Å². The van der Waals surface area contributed by atoms with Crippen LogP contribution >= 0.6 is 0 Å². The third kappa shape index (κ3) is 2.72. The lowest BCUT2D eigenvalue weighted by Crippen LogP contribution is -2.32. The molecule has 0 bridgehead atoms. The van der Waals surface area contributed by atoms with Crippen LogP contribution in [0.1, 0.15) is 19.3 Å². The van der Waals surface area contributed by atoms with Gasteiger partial charge < -0.3 is 14.6 Å². The van der Waals surface area contributed by atoms with Crippen LogP contribution in [-0.2, 0) is 14.3 Å². The minimum atomic E-state index is -0.974. The first-order valence-electron chi connectivity index (χ1n) is 4.12. The summed E-state index contributed by atoms with van der Waals surface area (Å²) in [5.74, 6) is 0.534. The summed E-state index contributed by atoms with van der Waals surface area (Å²) in [6, 6.07) is 0. The zero-order valence-electron chi connectivity index (χ0n) is 7.28. The van der Waals surface area contributed by atoms with Crippen molar-refractivity contribution >= 4 is 5.97 Å². The van der Waals surface area contributed by atoms with E-state index in [1.165, 1.54) is 0 Å². The zero-order valence-corrected chi connectivity index (χ0v) is 7.28. The summed E-state index contributed by atoms with van der Waals surface area (Å²) < 4.78 is 10.5. The van der Waals surface area contributed by atoms with Crippen molar-refractivity contribution < 1.29 is 19.4 Å². The standard InChI is InChI=1S/C9H12O4/c1-2-3-4-9(7-8(10)11)12-5-6-13-9/h1H,3-7H2,(H,10,11). The fourth-order valence-corrected chi connectivity index (χ4v) is 1.32. The molecule has 1 aliphatic heterocycles. The van der Waals surface area contributed by atoms with Crippen LogP contribution in [0.3, 0.4) is 0 Å². The maximum atomic E-state index is 10.5. The van der Waals surface area contributed by atoms with Crippen molar-refractivity contribution in [2.45, 2.75) is 25.0 Å². The van der Waals surface area contributed by atoms with E-state index < -0.39 is 11.8 Å². The number of carboxylic acids is 1. The molecule has 0 unspecified atom stereocenters. The molecule has 13 heavy (non-hydrogen) atoms. The molecule has 0 atom stereocenters. The Balaban J connectivity index is 2.53. The number of hydrogen-bond acceptors (Lipinski definition) is 3. The SMILES string of the molecule is C#CCCC1(CC(=O)O)OCCO1. The first-order valence-corrected chi connectivity index (χ1v) is 4.12. The molecule has 1 aliphatic rings. The van der Waals surface area contributed by atoms with E-state index in [-0.39, 0.29) is 6.42 Å². The highest BCUT2D eigenvalue weighted by Crippen LogP contribution is 2.28. The molecule has 0 aromatic carbocycles. The van der Waals surface area contributed by atoms with Crippen LogP contribution in [-0.4, -0.2) is 30.1 Å². The Morgan fingerprint density at radius 2 is 2.15 bits per heavy atom. The van der Waals surface area contributed by atoms with E-state index in [4.69, 9.17) is 21.0 Å². The third-order valence-corrected chi connectivity index (χ3v) is 1.88. The molecule has 0 aromatic rings. The minimum Gasteiger partial charge on any atom is -0.481 e. The van der Waals surface area contributed by atoms with Gasteiger partial charge in [-0.05, 0) is 0 Å². The number of rotatable bonds is 4. The molecule has 4 heteroatoms. The van der Waals surface area contributed by atoms with E-state index >= 15 is 0 Å². The van der Waals surface area contributed by atoms with Gasteiger partial charge in [-0.15, -0.1) is 12.3 Å². The normalized spacial score (nSPS) is 19.6. The number of aliphatic carboxylic acids is 1.